The number of rotatable bonds is 3. The third kappa shape index (κ3) is 2.90. The summed E-state index contributed by atoms with van der Waals surface area (Å²) in [6, 6.07) is 13.0. The van der Waals surface area contributed by atoms with Gasteiger partial charge < -0.3 is 10.3 Å². The molecule has 4 nitrogen and oxygen atoms in total. The molecule has 3 rings (SSSR count). The number of aromatic nitrogens is 2. The highest BCUT2D eigenvalue weighted by molar-refractivity contribution is 6.31. The highest BCUT2D eigenvalue weighted by atomic mass is 35.5. The maximum atomic E-state index is 12.0. The molecule has 0 bridgehead atoms. The van der Waals surface area contributed by atoms with E-state index >= 15 is 0 Å². The van der Waals surface area contributed by atoms with Gasteiger partial charge >= 0.3 is 0 Å². The van der Waals surface area contributed by atoms with Crippen molar-refractivity contribution in [1.29, 1.82) is 0 Å². The third-order valence-electron chi connectivity index (χ3n) is 3.29. The number of hydrogen-bond acceptors (Lipinski definition) is 3. The number of benzene rings is 2. The first-order valence-corrected chi connectivity index (χ1v) is 6.99. The van der Waals surface area contributed by atoms with Crippen LogP contribution in [-0.4, -0.2) is 9.97 Å². The summed E-state index contributed by atoms with van der Waals surface area (Å²) in [5.74, 6) is 0.593. The summed E-state index contributed by atoms with van der Waals surface area (Å²) in [6.07, 6.45) is 0. The van der Waals surface area contributed by atoms with E-state index < -0.39 is 0 Å². The number of nitrogens with zero attached hydrogens (tertiary/aromatic N) is 1. The van der Waals surface area contributed by atoms with Gasteiger partial charge in [-0.15, -0.1) is 0 Å². The second-order valence-corrected chi connectivity index (χ2v) is 5.25. The molecular formula is C16H14ClN3O. The summed E-state index contributed by atoms with van der Waals surface area (Å²) in [4.78, 5) is 19.2. The molecule has 2 aromatic carbocycles. The van der Waals surface area contributed by atoms with Crippen LogP contribution in [0, 0.1) is 6.92 Å². The molecule has 0 fully saturated rings. The number of fused-ring (bicyclic) bond motifs is 1. The van der Waals surface area contributed by atoms with Crippen molar-refractivity contribution in [3.63, 3.8) is 0 Å². The Labute approximate surface area is 126 Å². The number of para-hydroxylation sites is 1. The van der Waals surface area contributed by atoms with Crippen molar-refractivity contribution in [1.82, 2.24) is 9.97 Å². The molecule has 0 saturated carbocycles. The highest BCUT2D eigenvalue weighted by Crippen LogP contribution is 2.20. The fourth-order valence-corrected chi connectivity index (χ4v) is 2.29. The molecular weight excluding hydrogens is 286 g/mol. The van der Waals surface area contributed by atoms with Crippen LogP contribution in [0.3, 0.4) is 0 Å². The van der Waals surface area contributed by atoms with Crippen molar-refractivity contribution in [3.8, 4) is 0 Å². The fourth-order valence-electron chi connectivity index (χ4n) is 2.11. The first-order chi connectivity index (χ1) is 10.1. The maximum Gasteiger partial charge on any atom is 0.258 e. The zero-order valence-electron chi connectivity index (χ0n) is 11.5. The van der Waals surface area contributed by atoms with Gasteiger partial charge in [-0.2, -0.15) is 0 Å². The Morgan fingerprint density at radius 3 is 2.86 bits per heavy atom. The molecule has 0 amide bonds. The number of anilines is 1. The van der Waals surface area contributed by atoms with Crippen molar-refractivity contribution in [2.24, 2.45) is 0 Å². The molecule has 1 heterocycles. The van der Waals surface area contributed by atoms with Crippen molar-refractivity contribution >= 4 is 28.2 Å². The highest BCUT2D eigenvalue weighted by Gasteiger charge is 2.03. The Hall–Kier alpha value is -2.33. The lowest BCUT2D eigenvalue weighted by atomic mass is 10.2. The topological polar surface area (TPSA) is 57.8 Å². The Balaban J connectivity index is 1.85. The van der Waals surface area contributed by atoms with Crippen molar-refractivity contribution < 1.29 is 0 Å². The van der Waals surface area contributed by atoms with Gasteiger partial charge in [0, 0.05) is 10.7 Å². The molecule has 0 aliphatic rings. The van der Waals surface area contributed by atoms with E-state index in [0.29, 0.717) is 28.3 Å². The molecule has 0 spiro atoms. The average Bonchev–Trinajstić information content (AvgIpc) is 2.49. The number of aryl methyl sites for hydroxylation is 1. The van der Waals surface area contributed by atoms with Crippen LogP contribution >= 0.6 is 11.6 Å². The number of H-pyrrole nitrogens is 1. The maximum absolute atomic E-state index is 12.0. The monoisotopic (exact) mass is 299 g/mol. The molecule has 0 unspecified atom stereocenters. The second kappa shape index (κ2) is 5.58. The molecule has 0 aliphatic carbocycles. The predicted molar refractivity (Wildman–Crippen MR) is 85.9 cm³/mol. The van der Waals surface area contributed by atoms with Gasteiger partial charge in [0.1, 0.15) is 5.82 Å². The summed E-state index contributed by atoms with van der Waals surface area (Å²) in [6.45, 7) is 2.38. The number of nitrogens with one attached hydrogen (secondary N) is 2. The molecule has 5 heteroatoms. The molecule has 2 N–H and O–H groups in total. The van der Waals surface area contributed by atoms with Crippen LogP contribution < -0.4 is 10.9 Å². The molecule has 1 aromatic heterocycles. The Morgan fingerprint density at radius 1 is 1.24 bits per heavy atom. The van der Waals surface area contributed by atoms with E-state index in [1.54, 1.807) is 6.07 Å². The average molecular weight is 300 g/mol. The lowest BCUT2D eigenvalue weighted by Gasteiger charge is -2.08. The van der Waals surface area contributed by atoms with Crippen molar-refractivity contribution in [3.05, 3.63) is 69.2 Å². The largest absolute Gasteiger partial charge is 0.378 e. The van der Waals surface area contributed by atoms with E-state index in [2.05, 4.69) is 15.3 Å². The first-order valence-electron chi connectivity index (χ1n) is 6.61. The number of aromatic amines is 1. The van der Waals surface area contributed by atoms with E-state index in [1.807, 2.05) is 43.3 Å². The standard InChI is InChI=1S/C16H14ClN3O/c1-10-6-7-11(8-13(10)17)18-9-15-19-14-5-3-2-4-12(14)16(21)20-15/h2-8,18H,9H2,1H3,(H,19,20,21). The zero-order chi connectivity index (χ0) is 14.8. The molecule has 0 aliphatic heterocycles. The van der Waals surface area contributed by atoms with E-state index in [4.69, 9.17) is 11.6 Å². The van der Waals surface area contributed by atoms with E-state index in [1.165, 1.54) is 0 Å². The number of hydrogen-bond donors (Lipinski definition) is 2. The summed E-state index contributed by atoms with van der Waals surface area (Å²) in [7, 11) is 0. The van der Waals surface area contributed by atoms with Crippen molar-refractivity contribution in [2.45, 2.75) is 13.5 Å². The zero-order valence-corrected chi connectivity index (χ0v) is 12.2. The van der Waals surface area contributed by atoms with Gasteiger partial charge in [0.25, 0.3) is 5.56 Å². The van der Waals surface area contributed by atoms with Crippen LogP contribution in [0.25, 0.3) is 10.9 Å². The molecule has 0 radical (unpaired) electrons. The summed E-state index contributed by atoms with van der Waals surface area (Å²) < 4.78 is 0. The summed E-state index contributed by atoms with van der Waals surface area (Å²) >= 11 is 6.09. The second-order valence-electron chi connectivity index (χ2n) is 4.85. The smallest absolute Gasteiger partial charge is 0.258 e. The molecule has 0 saturated heterocycles. The van der Waals surface area contributed by atoms with Gasteiger partial charge in [-0.1, -0.05) is 29.8 Å². The number of halogens is 1. The normalized spacial score (nSPS) is 10.8. The lowest BCUT2D eigenvalue weighted by molar-refractivity contribution is 0.953. The van der Waals surface area contributed by atoms with Gasteiger partial charge in [0.15, 0.2) is 0 Å². The lowest BCUT2D eigenvalue weighted by Crippen LogP contribution is -2.14. The Bertz CT molecular complexity index is 858. The van der Waals surface area contributed by atoms with Crippen LogP contribution in [0.4, 0.5) is 5.69 Å². The SMILES string of the molecule is Cc1ccc(NCc2nc3ccccc3c(=O)[nH]2)cc1Cl. The van der Waals surface area contributed by atoms with Crippen LogP contribution in [0.2, 0.25) is 5.02 Å². The fraction of sp³-hybridized carbons (Fsp3) is 0.125. The predicted octanol–water partition coefficient (Wildman–Crippen LogP) is 3.50. The van der Waals surface area contributed by atoms with Crippen LogP contribution in [0.5, 0.6) is 0 Å². The van der Waals surface area contributed by atoms with Gasteiger partial charge in [0.2, 0.25) is 0 Å². The third-order valence-corrected chi connectivity index (χ3v) is 3.70. The van der Waals surface area contributed by atoms with Gasteiger partial charge in [0.05, 0.1) is 17.4 Å². The summed E-state index contributed by atoms with van der Waals surface area (Å²) in [5.41, 5.74) is 2.49. The first kappa shape index (κ1) is 13.6. The van der Waals surface area contributed by atoms with Gasteiger partial charge in [-0.3, -0.25) is 4.79 Å². The van der Waals surface area contributed by atoms with Crippen LogP contribution in [0.15, 0.2) is 47.3 Å². The van der Waals surface area contributed by atoms with E-state index in [0.717, 1.165) is 11.3 Å². The quantitative estimate of drug-likeness (QED) is 0.778. The minimum absolute atomic E-state index is 0.126. The Kier molecular flexibility index (Phi) is 3.62. The molecule has 106 valence electrons. The van der Waals surface area contributed by atoms with Crippen LogP contribution in [-0.2, 0) is 6.54 Å². The minimum atomic E-state index is -0.126. The molecule has 3 aromatic rings. The van der Waals surface area contributed by atoms with E-state index in [9.17, 15) is 4.79 Å². The molecule has 0 atom stereocenters. The van der Waals surface area contributed by atoms with Gasteiger partial charge in [-0.25, -0.2) is 4.98 Å². The molecule has 21 heavy (non-hydrogen) atoms. The van der Waals surface area contributed by atoms with Gasteiger partial charge in [-0.05, 0) is 36.8 Å². The van der Waals surface area contributed by atoms with Crippen molar-refractivity contribution in [2.75, 3.05) is 5.32 Å². The van der Waals surface area contributed by atoms with E-state index in [-0.39, 0.29) is 5.56 Å². The minimum Gasteiger partial charge on any atom is -0.378 e. The van der Waals surface area contributed by atoms with Crippen LogP contribution in [0.1, 0.15) is 11.4 Å². The summed E-state index contributed by atoms with van der Waals surface area (Å²) in [5, 5.41) is 4.51. The Morgan fingerprint density at radius 2 is 2.05 bits per heavy atom.